The third-order valence-corrected chi connectivity index (χ3v) is 2.38. The number of hydrogen-bond acceptors (Lipinski definition) is 4. The van der Waals surface area contributed by atoms with E-state index in [9.17, 15) is 9.59 Å². The van der Waals surface area contributed by atoms with E-state index in [1.54, 1.807) is 37.2 Å². The van der Waals surface area contributed by atoms with Crippen LogP contribution in [0.25, 0.3) is 0 Å². The highest BCUT2D eigenvalue weighted by atomic mass is 16.5. The van der Waals surface area contributed by atoms with Gasteiger partial charge in [0.25, 0.3) is 0 Å². The van der Waals surface area contributed by atoms with Gasteiger partial charge < -0.3 is 15.0 Å². The molecular formula is C12H16N2O3. The first kappa shape index (κ1) is 13.0. The number of nitrogens with zero attached hydrogens (tertiary/aromatic N) is 1. The lowest BCUT2D eigenvalue weighted by atomic mass is 10.1. The summed E-state index contributed by atoms with van der Waals surface area (Å²) in [5, 5.41) is 2.53. The molecule has 5 heteroatoms. The Morgan fingerprint density at radius 1 is 1.35 bits per heavy atom. The lowest BCUT2D eigenvalue weighted by molar-refractivity contribution is -0.119. The zero-order valence-electron chi connectivity index (χ0n) is 10.2. The van der Waals surface area contributed by atoms with E-state index in [4.69, 9.17) is 4.74 Å². The van der Waals surface area contributed by atoms with Gasteiger partial charge >= 0.3 is 5.97 Å². The first-order valence-electron chi connectivity index (χ1n) is 5.19. The van der Waals surface area contributed by atoms with Gasteiger partial charge in [-0.05, 0) is 12.1 Å². The van der Waals surface area contributed by atoms with Gasteiger partial charge in [-0.25, -0.2) is 4.79 Å². The van der Waals surface area contributed by atoms with Crippen molar-refractivity contribution in [2.45, 2.75) is 0 Å². The number of esters is 1. The smallest absolute Gasteiger partial charge is 0.339 e. The fourth-order valence-corrected chi connectivity index (χ4v) is 1.47. The number of nitrogens with one attached hydrogen (secondary N) is 1. The molecule has 0 aliphatic heterocycles. The van der Waals surface area contributed by atoms with Gasteiger partial charge in [-0.3, -0.25) is 4.79 Å². The minimum absolute atomic E-state index is 0.118. The Kier molecular flexibility index (Phi) is 4.51. The van der Waals surface area contributed by atoms with Crippen LogP contribution >= 0.6 is 0 Å². The van der Waals surface area contributed by atoms with Gasteiger partial charge in [-0.1, -0.05) is 12.1 Å². The number of carbonyl (C=O) groups is 2. The van der Waals surface area contributed by atoms with Crippen molar-refractivity contribution in [2.24, 2.45) is 0 Å². The van der Waals surface area contributed by atoms with Gasteiger partial charge in [-0.15, -0.1) is 0 Å². The molecule has 17 heavy (non-hydrogen) atoms. The van der Waals surface area contributed by atoms with Crippen LogP contribution in [-0.2, 0) is 9.53 Å². The highest BCUT2D eigenvalue weighted by Crippen LogP contribution is 2.19. The van der Waals surface area contributed by atoms with Gasteiger partial charge in [-0.2, -0.15) is 0 Å². The molecule has 0 aliphatic carbocycles. The van der Waals surface area contributed by atoms with Crippen LogP contribution in [0, 0.1) is 0 Å². The number of benzene rings is 1. The summed E-state index contributed by atoms with van der Waals surface area (Å²) in [7, 11) is 4.65. The molecule has 1 N–H and O–H groups in total. The molecule has 0 atom stereocenters. The average molecular weight is 236 g/mol. The normalized spacial score (nSPS) is 9.59. The van der Waals surface area contributed by atoms with Gasteiger partial charge in [0.15, 0.2) is 0 Å². The third-order valence-electron chi connectivity index (χ3n) is 2.38. The monoisotopic (exact) mass is 236 g/mol. The van der Waals surface area contributed by atoms with Gasteiger partial charge in [0.1, 0.15) is 0 Å². The minimum Gasteiger partial charge on any atom is -0.465 e. The number of rotatable bonds is 4. The number of methoxy groups -OCH3 is 1. The number of carbonyl (C=O) groups excluding carboxylic acids is 2. The Morgan fingerprint density at radius 2 is 2.00 bits per heavy atom. The molecule has 0 saturated heterocycles. The van der Waals surface area contributed by atoms with Crippen LogP contribution < -0.4 is 10.2 Å². The van der Waals surface area contributed by atoms with Crippen LogP contribution in [-0.4, -0.2) is 39.6 Å². The maximum absolute atomic E-state index is 11.5. The fourth-order valence-electron chi connectivity index (χ4n) is 1.47. The molecule has 1 amide bonds. The summed E-state index contributed by atoms with van der Waals surface area (Å²) in [6, 6.07) is 7.00. The van der Waals surface area contributed by atoms with Crippen molar-refractivity contribution >= 4 is 17.6 Å². The predicted octanol–water partition coefficient (Wildman–Crippen LogP) is 0.655. The molecule has 0 saturated carbocycles. The summed E-state index contributed by atoms with van der Waals surface area (Å²) in [5.41, 5.74) is 1.12. The van der Waals surface area contributed by atoms with Crippen molar-refractivity contribution in [3.8, 4) is 0 Å². The van der Waals surface area contributed by atoms with Crippen LogP contribution in [0.2, 0.25) is 0 Å². The number of likely N-dealkylation sites (N-methyl/N-ethyl adjacent to an activating group) is 2. The Bertz CT molecular complexity index is 418. The lowest BCUT2D eigenvalue weighted by Crippen LogP contribution is -2.33. The summed E-state index contributed by atoms with van der Waals surface area (Å²) < 4.78 is 4.69. The van der Waals surface area contributed by atoms with Crippen molar-refractivity contribution in [3.05, 3.63) is 29.8 Å². The summed E-state index contributed by atoms with van der Waals surface area (Å²) in [5.74, 6) is -0.531. The highest BCUT2D eigenvalue weighted by molar-refractivity contribution is 5.96. The average Bonchev–Trinajstić information content (AvgIpc) is 2.37. The van der Waals surface area contributed by atoms with Crippen molar-refractivity contribution in [1.29, 1.82) is 0 Å². The number of anilines is 1. The van der Waals surface area contributed by atoms with Crippen molar-refractivity contribution in [2.75, 3.05) is 32.6 Å². The van der Waals surface area contributed by atoms with Crippen molar-refractivity contribution < 1.29 is 14.3 Å². The van der Waals surface area contributed by atoms with Crippen LogP contribution in [0.5, 0.6) is 0 Å². The van der Waals surface area contributed by atoms with Gasteiger partial charge in [0, 0.05) is 14.1 Å². The topological polar surface area (TPSA) is 58.6 Å². The first-order valence-corrected chi connectivity index (χ1v) is 5.19. The third kappa shape index (κ3) is 3.21. The van der Waals surface area contributed by atoms with E-state index in [2.05, 4.69) is 5.32 Å². The molecule has 0 heterocycles. The SMILES string of the molecule is CNC(=O)CN(C)c1ccccc1C(=O)OC. The fraction of sp³-hybridized carbons (Fsp3) is 0.333. The van der Waals surface area contributed by atoms with Crippen molar-refractivity contribution in [1.82, 2.24) is 5.32 Å². The van der Waals surface area contributed by atoms with E-state index < -0.39 is 5.97 Å². The summed E-state index contributed by atoms with van der Waals surface area (Å²) >= 11 is 0. The number of hydrogen-bond donors (Lipinski definition) is 1. The van der Waals surface area contributed by atoms with Crippen molar-refractivity contribution in [3.63, 3.8) is 0 Å². The van der Waals surface area contributed by atoms with E-state index in [-0.39, 0.29) is 12.5 Å². The van der Waals surface area contributed by atoms with Crippen LogP contribution in [0.4, 0.5) is 5.69 Å². The zero-order chi connectivity index (χ0) is 12.8. The zero-order valence-corrected chi connectivity index (χ0v) is 10.2. The second-order valence-electron chi connectivity index (χ2n) is 3.54. The van der Waals surface area contributed by atoms with E-state index in [0.717, 1.165) is 0 Å². The summed E-state index contributed by atoms with van der Waals surface area (Å²) in [4.78, 5) is 24.5. The molecule has 0 aromatic heterocycles. The van der Waals surface area contributed by atoms with Crippen LogP contribution in [0.1, 0.15) is 10.4 Å². The number of amides is 1. The standard InChI is InChI=1S/C12H16N2O3/c1-13-11(15)8-14(2)10-7-5-4-6-9(10)12(16)17-3/h4-7H,8H2,1-3H3,(H,13,15). The molecule has 0 fully saturated rings. The Morgan fingerprint density at radius 3 is 2.59 bits per heavy atom. The van der Waals surface area contributed by atoms with Crippen LogP contribution in [0.3, 0.4) is 0 Å². The molecule has 0 unspecified atom stereocenters. The molecule has 1 aromatic rings. The Labute approximate surface area is 100 Å². The molecule has 0 radical (unpaired) electrons. The maximum atomic E-state index is 11.5. The van der Waals surface area contributed by atoms with E-state index in [1.807, 2.05) is 6.07 Å². The number of ether oxygens (including phenoxy) is 1. The maximum Gasteiger partial charge on any atom is 0.339 e. The van der Waals surface area contributed by atoms with Gasteiger partial charge in [0.2, 0.25) is 5.91 Å². The Balaban J connectivity index is 2.96. The predicted molar refractivity (Wildman–Crippen MR) is 65.1 cm³/mol. The molecule has 92 valence electrons. The first-order chi connectivity index (χ1) is 8.10. The van der Waals surface area contributed by atoms with Crippen LogP contribution in [0.15, 0.2) is 24.3 Å². The molecule has 0 bridgehead atoms. The Hall–Kier alpha value is -2.04. The van der Waals surface area contributed by atoms with Gasteiger partial charge in [0.05, 0.1) is 24.9 Å². The van der Waals surface area contributed by atoms with E-state index in [0.29, 0.717) is 11.3 Å². The second kappa shape index (κ2) is 5.89. The summed E-state index contributed by atoms with van der Waals surface area (Å²) in [6.07, 6.45) is 0. The quantitative estimate of drug-likeness (QED) is 0.780. The van der Waals surface area contributed by atoms with E-state index >= 15 is 0 Å². The second-order valence-corrected chi connectivity index (χ2v) is 3.54. The minimum atomic E-state index is -0.413. The molecule has 0 spiro atoms. The molecule has 0 aliphatic rings. The highest BCUT2D eigenvalue weighted by Gasteiger charge is 2.15. The molecule has 5 nitrogen and oxygen atoms in total. The largest absolute Gasteiger partial charge is 0.465 e. The molecule has 1 aromatic carbocycles. The number of para-hydroxylation sites is 1. The molecule has 1 rings (SSSR count). The van der Waals surface area contributed by atoms with E-state index in [1.165, 1.54) is 7.11 Å². The summed E-state index contributed by atoms with van der Waals surface area (Å²) in [6.45, 7) is 0.185. The molecular weight excluding hydrogens is 220 g/mol. The lowest BCUT2D eigenvalue weighted by Gasteiger charge is -2.20.